The van der Waals surface area contributed by atoms with Crippen LogP contribution < -0.4 is 15.5 Å². The monoisotopic (exact) mass is 411 g/mol. The zero-order valence-corrected chi connectivity index (χ0v) is 16.1. The molecule has 0 aromatic carbocycles. The molecule has 2 aliphatic heterocycles. The summed E-state index contributed by atoms with van der Waals surface area (Å²) < 4.78 is 39.7. The van der Waals surface area contributed by atoms with E-state index in [9.17, 15) is 18.0 Å². The quantitative estimate of drug-likeness (QED) is 0.607. The van der Waals surface area contributed by atoms with Crippen LogP contribution in [0.2, 0.25) is 0 Å². The van der Waals surface area contributed by atoms with Gasteiger partial charge in [0.2, 0.25) is 11.9 Å². The van der Waals surface area contributed by atoms with Crippen LogP contribution in [0, 0.1) is 5.41 Å². The molecule has 2 saturated heterocycles. The zero-order valence-electron chi connectivity index (χ0n) is 16.1. The van der Waals surface area contributed by atoms with Gasteiger partial charge >= 0.3 is 6.18 Å². The van der Waals surface area contributed by atoms with Gasteiger partial charge in [-0.25, -0.2) is 9.97 Å². The van der Waals surface area contributed by atoms with Gasteiger partial charge in [0.15, 0.2) is 5.69 Å². The highest BCUT2D eigenvalue weighted by Crippen LogP contribution is 2.31. The average molecular weight is 411 g/mol. The van der Waals surface area contributed by atoms with E-state index in [4.69, 9.17) is 5.41 Å². The van der Waals surface area contributed by atoms with Crippen LogP contribution in [0.15, 0.2) is 12.3 Å². The molecule has 0 saturated carbocycles. The minimum absolute atomic E-state index is 0.000272. The Labute approximate surface area is 166 Å². The summed E-state index contributed by atoms with van der Waals surface area (Å²) in [7, 11) is 0. The summed E-state index contributed by atoms with van der Waals surface area (Å²) in [5.41, 5.74) is -0.927. The first-order valence-electron chi connectivity index (χ1n) is 9.44. The normalized spacial score (nSPS) is 20.3. The van der Waals surface area contributed by atoms with Crippen LogP contribution in [-0.4, -0.2) is 72.3 Å². The summed E-state index contributed by atoms with van der Waals surface area (Å²) in [6.07, 6.45) is -1.49. The molecule has 1 atom stereocenters. The molecule has 8 nitrogen and oxygen atoms in total. The lowest BCUT2D eigenvalue weighted by atomic mass is 10.1. The van der Waals surface area contributed by atoms with Crippen LogP contribution in [0.3, 0.4) is 0 Å². The van der Waals surface area contributed by atoms with Crippen LogP contribution in [0.4, 0.5) is 19.1 Å². The van der Waals surface area contributed by atoms with E-state index in [1.165, 1.54) is 6.20 Å². The second-order valence-electron chi connectivity index (χ2n) is 7.10. The largest absolute Gasteiger partial charge is 0.433 e. The van der Waals surface area contributed by atoms with E-state index in [0.717, 1.165) is 25.2 Å². The Bertz CT molecular complexity index is 792. The van der Waals surface area contributed by atoms with Gasteiger partial charge < -0.3 is 25.8 Å². The van der Waals surface area contributed by atoms with Gasteiger partial charge in [-0.05, 0) is 19.4 Å². The SMILES string of the molecule is CC1CN(C(=O)CN/C=C(\C=N)c2cc(C(F)(F)F)nc(N3CCC3)n2)CCN1. The third kappa shape index (κ3) is 5.22. The van der Waals surface area contributed by atoms with E-state index in [-0.39, 0.29) is 35.7 Å². The van der Waals surface area contributed by atoms with E-state index in [0.29, 0.717) is 26.2 Å². The molecule has 2 aliphatic rings. The zero-order chi connectivity index (χ0) is 21.0. The Morgan fingerprint density at radius 3 is 2.72 bits per heavy atom. The maximum absolute atomic E-state index is 13.2. The molecule has 158 valence electrons. The number of aromatic nitrogens is 2. The molecule has 2 fully saturated rings. The van der Waals surface area contributed by atoms with Crippen LogP contribution in [-0.2, 0) is 11.0 Å². The maximum atomic E-state index is 13.2. The van der Waals surface area contributed by atoms with Crippen molar-refractivity contribution in [2.45, 2.75) is 25.6 Å². The standard InChI is InChI=1S/C18H24F3N7O/c1-12-11-28(6-3-24-12)16(29)10-23-9-13(8-22)14-7-15(18(19,20)21)26-17(25-14)27-4-2-5-27/h7-9,12,22-24H,2-6,10-11H2,1H3/b13-9+,22-8?. The first-order valence-corrected chi connectivity index (χ1v) is 9.44. The summed E-state index contributed by atoms with van der Waals surface area (Å²) in [6.45, 7) is 5.09. The lowest BCUT2D eigenvalue weighted by molar-refractivity contribution is -0.141. The van der Waals surface area contributed by atoms with Gasteiger partial charge in [0.1, 0.15) is 0 Å². The van der Waals surface area contributed by atoms with Crippen molar-refractivity contribution in [3.63, 3.8) is 0 Å². The molecule has 0 bridgehead atoms. The van der Waals surface area contributed by atoms with Crippen LogP contribution in [0.1, 0.15) is 24.7 Å². The fourth-order valence-corrected chi connectivity index (χ4v) is 3.09. The Morgan fingerprint density at radius 1 is 1.38 bits per heavy atom. The van der Waals surface area contributed by atoms with Gasteiger partial charge in [-0.1, -0.05) is 0 Å². The number of carbonyl (C=O) groups excluding carboxylic acids is 1. The van der Waals surface area contributed by atoms with Crippen molar-refractivity contribution in [3.8, 4) is 0 Å². The highest BCUT2D eigenvalue weighted by atomic mass is 19.4. The average Bonchev–Trinajstić information content (AvgIpc) is 2.62. The molecule has 1 aromatic rings. The number of allylic oxidation sites excluding steroid dienone is 1. The predicted octanol–water partition coefficient (Wildman–Crippen LogP) is 1.11. The Kier molecular flexibility index (Phi) is 6.36. The number of alkyl halides is 3. The van der Waals surface area contributed by atoms with Gasteiger partial charge in [-0.2, -0.15) is 13.2 Å². The minimum atomic E-state index is -4.62. The lowest BCUT2D eigenvalue weighted by Gasteiger charge is -2.32. The number of carbonyl (C=O) groups is 1. The summed E-state index contributed by atoms with van der Waals surface area (Å²) in [5.74, 6) is -0.112. The third-order valence-electron chi connectivity index (χ3n) is 4.83. The van der Waals surface area contributed by atoms with Crippen molar-refractivity contribution in [2.75, 3.05) is 44.2 Å². The Balaban J connectivity index is 1.74. The number of nitrogens with one attached hydrogen (secondary N) is 3. The molecule has 0 aliphatic carbocycles. The third-order valence-corrected chi connectivity index (χ3v) is 4.83. The molecule has 0 radical (unpaired) electrons. The number of anilines is 1. The molecule has 1 amide bonds. The van der Waals surface area contributed by atoms with Crippen molar-refractivity contribution in [2.24, 2.45) is 0 Å². The van der Waals surface area contributed by atoms with E-state index in [2.05, 4.69) is 20.6 Å². The Morgan fingerprint density at radius 2 is 2.14 bits per heavy atom. The Hall–Kier alpha value is -2.69. The summed E-state index contributed by atoms with van der Waals surface area (Å²) in [6, 6.07) is 1.03. The molecule has 29 heavy (non-hydrogen) atoms. The number of nitrogens with zero attached hydrogens (tertiary/aromatic N) is 4. The summed E-state index contributed by atoms with van der Waals surface area (Å²) in [5, 5.41) is 13.6. The van der Waals surface area contributed by atoms with Gasteiger partial charge in [-0.3, -0.25) is 4.79 Å². The van der Waals surface area contributed by atoms with Crippen molar-refractivity contribution in [1.82, 2.24) is 25.5 Å². The van der Waals surface area contributed by atoms with Gasteiger partial charge in [0, 0.05) is 56.8 Å². The van der Waals surface area contributed by atoms with Gasteiger partial charge in [0.25, 0.3) is 0 Å². The summed E-state index contributed by atoms with van der Waals surface area (Å²) >= 11 is 0. The molecule has 3 rings (SSSR count). The van der Waals surface area contributed by atoms with Crippen molar-refractivity contribution in [1.29, 1.82) is 5.41 Å². The second kappa shape index (κ2) is 8.76. The number of rotatable bonds is 6. The fraction of sp³-hybridized carbons (Fsp3) is 0.556. The molecule has 3 heterocycles. The van der Waals surface area contributed by atoms with Crippen LogP contribution in [0.25, 0.3) is 5.57 Å². The van der Waals surface area contributed by atoms with Crippen molar-refractivity contribution < 1.29 is 18.0 Å². The van der Waals surface area contributed by atoms with Crippen LogP contribution >= 0.6 is 0 Å². The molecular weight excluding hydrogens is 387 g/mol. The molecule has 1 aromatic heterocycles. The number of hydrogen-bond acceptors (Lipinski definition) is 7. The number of piperazine rings is 1. The van der Waals surface area contributed by atoms with Crippen LogP contribution in [0.5, 0.6) is 0 Å². The van der Waals surface area contributed by atoms with Gasteiger partial charge in [-0.15, -0.1) is 0 Å². The van der Waals surface area contributed by atoms with Crippen molar-refractivity contribution >= 4 is 23.6 Å². The van der Waals surface area contributed by atoms with E-state index in [1.54, 1.807) is 9.80 Å². The number of halogens is 3. The fourth-order valence-electron chi connectivity index (χ4n) is 3.09. The van der Waals surface area contributed by atoms with Gasteiger partial charge in [0.05, 0.1) is 12.2 Å². The second-order valence-corrected chi connectivity index (χ2v) is 7.10. The highest BCUT2D eigenvalue weighted by Gasteiger charge is 2.35. The first-order chi connectivity index (χ1) is 13.8. The van der Waals surface area contributed by atoms with E-state index < -0.39 is 11.9 Å². The van der Waals surface area contributed by atoms with Crippen molar-refractivity contribution in [3.05, 3.63) is 23.7 Å². The van der Waals surface area contributed by atoms with E-state index in [1.807, 2.05) is 6.92 Å². The number of hydrogen-bond donors (Lipinski definition) is 3. The topological polar surface area (TPSA) is 97.2 Å². The summed E-state index contributed by atoms with van der Waals surface area (Å²) in [4.78, 5) is 23.5. The molecule has 11 heteroatoms. The lowest BCUT2D eigenvalue weighted by Crippen LogP contribution is -2.52. The van der Waals surface area contributed by atoms with E-state index >= 15 is 0 Å². The molecule has 1 unspecified atom stereocenters. The first kappa shape index (κ1) is 21.0. The smallest absolute Gasteiger partial charge is 0.382 e. The molecule has 0 spiro atoms. The predicted molar refractivity (Wildman–Crippen MR) is 103 cm³/mol. The highest BCUT2D eigenvalue weighted by molar-refractivity contribution is 6.07. The maximum Gasteiger partial charge on any atom is 0.433 e. The minimum Gasteiger partial charge on any atom is -0.382 e. The number of amides is 1. The molecule has 3 N–H and O–H groups in total. The molecular formula is C18H24F3N7O.